The number of para-hydroxylation sites is 3. The summed E-state index contributed by atoms with van der Waals surface area (Å²) in [7, 11) is 0. The lowest BCUT2D eigenvalue weighted by molar-refractivity contribution is 1.07. The number of nitrogens with zero attached hydrogens (tertiary/aromatic N) is 5. The predicted molar refractivity (Wildman–Crippen MR) is 281 cm³/mol. The van der Waals surface area contributed by atoms with E-state index < -0.39 is 0 Å². The Morgan fingerprint density at radius 3 is 1.61 bits per heavy atom. The van der Waals surface area contributed by atoms with Crippen LogP contribution < -0.4 is 0 Å². The molecular weight excluding hydrogens is 835 g/mol. The second kappa shape index (κ2) is 14.9. The largest absolute Gasteiger partial charge is 0.309 e. The number of aromatic nitrogens is 5. The van der Waals surface area contributed by atoms with Gasteiger partial charge in [-0.3, -0.25) is 0 Å². The third-order valence-electron chi connectivity index (χ3n) is 13.3. The Labute approximate surface area is 389 Å². The summed E-state index contributed by atoms with van der Waals surface area (Å²) >= 11 is 1.82. The fourth-order valence-corrected chi connectivity index (χ4v) is 11.3. The van der Waals surface area contributed by atoms with E-state index in [9.17, 15) is 0 Å². The van der Waals surface area contributed by atoms with Crippen LogP contribution in [-0.4, -0.2) is 24.1 Å². The maximum atomic E-state index is 5.54. The minimum absolute atomic E-state index is 0.605. The molecule has 0 saturated carbocycles. The molecule has 4 heterocycles. The molecule has 0 N–H and O–H groups in total. The van der Waals surface area contributed by atoms with Gasteiger partial charge in [-0.2, -0.15) is 0 Å². The van der Waals surface area contributed by atoms with E-state index in [1.165, 1.54) is 52.5 Å². The van der Waals surface area contributed by atoms with Gasteiger partial charge in [-0.1, -0.05) is 164 Å². The number of rotatable bonds is 6. The van der Waals surface area contributed by atoms with E-state index in [-0.39, 0.29) is 0 Å². The van der Waals surface area contributed by atoms with Crippen molar-refractivity contribution < 1.29 is 0 Å². The molecule has 10 aromatic carbocycles. The van der Waals surface area contributed by atoms with E-state index in [2.05, 4.69) is 234 Å². The first-order chi connectivity index (χ1) is 33.2. The number of fused-ring (bicyclic) bond motifs is 10. The molecule has 14 rings (SSSR count). The second-order valence-electron chi connectivity index (χ2n) is 17.2. The Balaban J connectivity index is 1.06. The minimum atomic E-state index is 0.605. The molecule has 0 aliphatic carbocycles. The van der Waals surface area contributed by atoms with Gasteiger partial charge in [0.15, 0.2) is 17.5 Å². The molecule has 0 radical (unpaired) electrons. The molecule has 0 unspecified atom stereocenters. The molecule has 67 heavy (non-hydrogen) atoms. The highest BCUT2D eigenvalue weighted by atomic mass is 32.1. The van der Waals surface area contributed by atoms with Crippen LogP contribution in [-0.2, 0) is 0 Å². The molecule has 0 saturated heterocycles. The summed E-state index contributed by atoms with van der Waals surface area (Å²) in [5.41, 5.74) is 11.7. The van der Waals surface area contributed by atoms with Crippen molar-refractivity contribution in [3.63, 3.8) is 0 Å². The fourth-order valence-electron chi connectivity index (χ4n) is 10.2. The van der Waals surface area contributed by atoms with Crippen LogP contribution in [0.1, 0.15) is 0 Å². The predicted octanol–water partition coefficient (Wildman–Crippen LogP) is 16.3. The van der Waals surface area contributed by atoms with Crippen LogP contribution in [0.5, 0.6) is 0 Å². The van der Waals surface area contributed by atoms with Crippen LogP contribution in [0, 0.1) is 0 Å². The topological polar surface area (TPSA) is 48.5 Å². The van der Waals surface area contributed by atoms with Crippen molar-refractivity contribution in [1.29, 1.82) is 0 Å². The lowest BCUT2D eigenvalue weighted by Crippen LogP contribution is -2.04. The Kier molecular flexibility index (Phi) is 8.38. The summed E-state index contributed by atoms with van der Waals surface area (Å²) in [4.78, 5) is 16.4. The molecule has 14 aromatic rings. The molecule has 0 aliphatic rings. The lowest BCUT2D eigenvalue weighted by atomic mass is 10.0. The molecule has 0 bridgehead atoms. The van der Waals surface area contributed by atoms with Crippen molar-refractivity contribution in [1.82, 2.24) is 24.1 Å². The van der Waals surface area contributed by atoms with Gasteiger partial charge in [-0.25, -0.2) is 15.0 Å². The summed E-state index contributed by atoms with van der Waals surface area (Å²) in [5, 5.41) is 9.57. The van der Waals surface area contributed by atoms with Gasteiger partial charge in [0.25, 0.3) is 0 Å². The van der Waals surface area contributed by atoms with E-state index in [0.29, 0.717) is 17.5 Å². The van der Waals surface area contributed by atoms with Crippen molar-refractivity contribution in [2.45, 2.75) is 0 Å². The maximum absolute atomic E-state index is 5.54. The van der Waals surface area contributed by atoms with Gasteiger partial charge in [-0.15, -0.1) is 11.3 Å². The van der Waals surface area contributed by atoms with Crippen LogP contribution in [0.2, 0.25) is 0 Å². The number of thiophene rings is 1. The molecular formula is C61H37N5S. The highest BCUT2D eigenvalue weighted by Crippen LogP contribution is 2.44. The van der Waals surface area contributed by atoms with E-state index >= 15 is 0 Å². The van der Waals surface area contributed by atoms with Crippen LogP contribution in [0.15, 0.2) is 224 Å². The molecule has 0 fully saturated rings. The smallest absolute Gasteiger partial charge is 0.166 e. The van der Waals surface area contributed by atoms with Gasteiger partial charge < -0.3 is 9.13 Å². The average Bonchev–Trinajstić information content (AvgIpc) is 4.04. The molecule has 0 atom stereocenters. The molecule has 5 nitrogen and oxygen atoms in total. The average molecular weight is 872 g/mol. The SMILES string of the molecule is c1ccc(-c2ccc(-c3nc(-c4ccc5c6ccccc6n(-c6ccccc6)c5c4)nc(-c4cc5c(cc4-n4c6ccccc6c6cc7ccccc7cc64)sc4ccccc45)n3)cc2)cc1. The van der Waals surface area contributed by atoms with Crippen molar-refractivity contribution in [2.75, 3.05) is 0 Å². The zero-order valence-electron chi connectivity index (χ0n) is 36.0. The summed E-state index contributed by atoms with van der Waals surface area (Å²) < 4.78 is 7.22. The zero-order valence-corrected chi connectivity index (χ0v) is 36.8. The number of benzene rings is 10. The minimum Gasteiger partial charge on any atom is -0.309 e. The monoisotopic (exact) mass is 871 g/mol. The van der Waals surface area contributed by atoms with Gasteiger partial charge in [0.2, 0.25) is 0 Å². The fraction of sp³-hybridized carbons (Fsp3) is 0. The zero-order chi connectivity index (χ0) is 44.0. The van der Waals surface area contributed by atoms with Gasteiger partial charge >= 0.3 is 0 Å². The standard InChI is InChI=1S/C61H37N5S/c1-3-15-38(16-4-1)39-27-29-40(30-28-39)59-62-60(43-31-32-47-45-21-9-12-24-52(45)65(54(47)35-43)44-19-5-2-6-20-44)64-61(63-59)51-36-50-48-23-11-14-26-57(48)67-58(50)37-56(51)66-53-25-13-10-22-46(53)49-33-41-17-7-8-18-42(41)34-55(49)66/h1-37H. The molecule has 0 amide bonds. The second-order valence-corrected chi connectivity index (χ2v) is 18.3. The first-order valence-electron chi connectivity index (χ1n) is 22.6. The van der Waals surface area contributed by atoms with Crippen LogP contribution >= 0.6 is 11.3 Å². The maximum Gasteiger partial charge on any atom is 0.166 e. The van der Waals surface area contributed by atoms with Gasteiger partial charge in [0.1, 0.15) is 0 Å². The van der Waals surface area contributed by atoms with Gasteiger partial charge in [-0.05, 0) is 82.6 Å². The lowest BCUT2D eigenvalue weighted by Gasteiger charge is -2.16. The van der Waals surface area contributed by atoms with E-state index in [1.54, 1.807) is 0 Å². The Morgan fingerprint density at radius 1 is 0.299 bits per heavy atom. The number of hydrogen-bond donors (Lipinski definition) is 0. The Hall–Kier alpha value is -8.71. The van der Waals surface area contributed by atoms with E-state index in [4.69, 9.17) is 15.0 Å². The summed E-state index contributed by atoms with van der Waals surface area (Å²) in [6.07, 6.45) is 0. The van der Waals surface area contributed by atoms with Crippen LogP contribution in [0.25, 0.3) is 131 Å². The quantitative estimate of drug-likeness (QED) is 0.167. The van der Waals surface area contributed by atoms with Crippen molar-refractivity contribution in [3.8, 4) is 56.7 Å². The summed E-state index contributed by atoms with van der Waals surface area (Å²) in [6.45, 7) is 0. The summed E-state index contributed by atoms with van der Waals surface area (Å²) in [5.74, 6) is 1.82. The normalized spacial score (nSPS) is 11.9. The Bertz CT molecular complexity index is 4260. The molecule has 0 spiro atoms. The highest BCUT2D eigenvalue weighted by molar-refractivity contribution is 7.25. The first kappa shape index (κ1) is 37.6. The van der Waals surface area contributed by atoms with E-state index in [1.807, 2.05) is 11.3 Å². The third kappa shape index (κ3) is 6.04. The van der Waals surface area contributed by atoms with Crippen molar-refractivity contribution >= 4 is 85.9 Å². The molecule has 6 heteroatoms. The molecule has 4 aromatic heterocycles. The van der Waals surface area contributed by atoms with Gasteiger partial charge in [0, 0.05) is 64.1 Å². The van der Waals surface area contributed by atoms with Gasteiger partial charge in [0.05, 0.1) is 27.8 Å². The Morgan fingerprint density at radius 2 is 0.836 bits per heavy atom. The van der Waals surface area contributed by atoms with Crippen molar-refractivity contribution in [3.05, 3.63) is 224 Å². The first-order valence-corrected chi connectivity index (χ1v) is 23.4. The molecule has 0 aliphatic heterocycles. The van der Waals surface area contributed by atoms with Crippen LogP contribution in [0.3, 0.4) is 0 Å². The van der Waals surface area contributed by atoms with Crippen molar-refractivity contribution in [2.24, 2.45) is 0 Å². The molecule has 312 valence electrons. The highest BCUT2D eigenvalue weighted by Gasteiger charge is 2.23. The van der Waals surface area contributed by atoms with E-state index in [0.717, 1.165) is 61.3 Å². The summed E-state index contributed by atoms with van der Waals surface area (Å²) in [6, 6.07) is 80.4. The third-order valence-corrected chi connectivity index (χ3v) is 14.5. The number of hydrogen-bond acceptors (Lipinski definition) is 4. The van der Waals surface area contributed by atoms with Crippen LogP contribution in [0.4, 0.5) is 0 Å².